The summed E-state index contributed by atoms with van der Waals surface area (Å²) in [5.74, 6) is 1.48. The summed E-state index contributed by atoms with van der Waals surface area (Å²) in [6.45, 7) is 0.210. The maximum atomic E-state index is 8.64. The second-order valence-corrected chi connectivity index (χ2v) is 4.19. The van der Waals surface area contributed by atoms with E-state index in [1.165, 1.54) is 0 Å². The average molecular weight is 233 g/mol. The van der Waals surface area contributed by atoms with Crippen molar-refractivity contribution in [3.63, 3.8) is 0 Å². The third kappa shape index (κ3) is 1.94. The third-order valence-corrected chi connectivity index (χ3v) is 3.07. The number of aromatic nitrogens is 2. The Morgan fingerprint density at radius 2 is 2.36 bits per heavy atom. The van der Waals surface area contributed by atoms with Crippen LogP contribution in [-0.4, -0.2) is 34.0 Å². The molecule has 2 rings (SSSR count). The summed E-state index contributed by atoms with van der Waals surface area (Å²) in [5.41, 5.74) is 0.947. The molecule has 1 aromatic heterocycles. The van der Waals surface area contributed by atoms with Gasteiger partial charge in [0, 0.05) is 12.2 Å². The Morgan fingerprint density at radius 1 is 1.50 bits per heavy atom. The van der Waals surface area contributed by atoms with Gasteiger partial charge in [-0.2, -0.15) is 4.98 Å². The zero-order valence-electron chi connectivity index (χ0n) is 7.36. The summed E-state index contributed by atoms with van der Waals surface area (Å²) in [7, 11) is 0. The number of ether oxygens (including phenoxy) is 1. The Hall–Kier alpha value is -0.520. The largest absolute Gasteiger partial charge is 0.474 e. The van der Waals surface area contributed by atoms with Crippen LogP contribution >= 0.6 is 23.4 Å². The van der Waals surface area contributed by atoms with Crippen LogP contribution < -0.4 is 4.74 Å². The first kappa shape index (κ1) is 10.0. The Labute approximate surface area is 90.7 Å². The molecular weight excluding hydrogens is 224 g/mol. The fourth-order valence-electron chi connectivity index (χ4n) is 1.25. The van der Waals surface area contributed by atoms with Gasteiger partial charge in [-0.3, -0.25) is 0 Å². The molecular formula is C8H9ClN2O2S. The minimum absolute atomic E-state index is 0.0267. The molecule has 0 radical (unpaired) electrons. The minimum Gasteiger partial charge on any atom is -0.474 e. The van der Waals surface area contributed by atoms with Crippen LogP contribution in [0.3, 0.4) is 0 Å². The molecule has 14 heavy (non-hydrogen) atoms. The number of rotatable bonds is 3. The van der Waals surface area contributed by atoms with E-state index in [-0.39, 0.29) is 18.5 Å². The van der Waals surface area contributed by atoms with Crippen molar-refractivity contribution in [2.24, 2.45) is 0 Å². The summed E-state index contributed by atoms with van der Waals surface area (Å²) in [6, 6.07) is 0. The molecule has 0 atom stereocenters. The second kappa shape index (κ2) is 4.33. The highest BCUT2D eigenvalue weighted by molar-refractivity contribution is 7.99. The number of aryl methyl sites for hydroxylation is 1. The smallest absolute Gasteiger partial charge is 0.232 e. The van der Waals surface area contributed by atoms with E-state index in [1.807, 2.05) is 0 Å². The highest BCUT2D eigenvalue weighted by atomic mass is 35.5. The molecule has 0 aliphatic carbocycles. The minimum atomic E-state index is -0.0267. The van der Waals surface area contributed by atoms with Crippen molar-refractivity contribution in [3.05, 3.63) is 11.0 Å². The molecule has 1 aromatic rings. The fourth-order valence-corrected chi connectivity index (χ4v) is 2.47. The van der Waals surface area contributed by atoms with Crippen LogP contribution in [0.5, 0.6) is 5.88 Å². The second-order valence-electron chi connectivity index (χ2n) is 2.74. The first-order chi connectivity index (χ1) is 6.81. The summed E-state index contributed by atoms with van der Waals surface area (Å²) in [5, 5.41) is 8.84. The van der Waals surface area contributed by atoms with Gasteiger partial charge < -0.3 is 9.84 Å². The lowest BCUT2D eigenvalue weighted by Gasteiger charge is -2.07. The molecule has 6 heteroatoms. The molecule has 0 unspecified atom stereocenters. The average Bonchev–Trinajstić information content (AvgIpc) is 2.61. The Balaban J connectivity index is 2.29. The predicted molar refractivity (Wildman–Crippen MR) is 54.1 cm³/mol. The number of aliphatic hydroxyl groups is 1. The number of fused-ring (bicyclic) bond motifs is 1. The van der Waals surface area contributed by atoms with Gasteiger partial charge in [-0.05, 0) is 11.6 Å². The van der Waals surface area contributed by atoms with E-state index in [9.17, 15) is 0 Å². The summed E-state index contributed by atoms with van der Waals surface area (Å²) < 4.78 is 5.27. The maximum Gasteiger partial charge on any atom is 0.232 e. The molecule has 0 amide bonds. The van der Waals surface area contributed by atoms with Crippen LogP contribution in [0, 0.1) is 0 Å². The van der Waals surface area contributed by atoms with Crippen molar-refractivity contribution in [2.45, 2.75) is 11.3 Å². The van der Waals surface area contributed by atoms with E-state index in [4.69, 9.17) is 21.4 Å². The van der Waals surface area contributed by atoms with Gasteiger partial charge in [0.1, 0.15) is 6.61 Å². The molecule has 1 N–H and O–H groups in total. The highest BCUT2D eigenvalue weighted by Gasteiger charge is 2.20. The summed E-state index contributed by atoms with van der Waals surface area (Å²) >= 11 is 7.40. The van der Waals surface area contributed by atoms with Gasteiger partial charge in [0.25, 0.3) is 0 Å². The molecule has 0 bridgehead atoms. The van der Waals surface area contributed by atoms with Crippen molar-refractivity contribution in [2.75, 3.05) is 19.0 Å². The molecule has 76 valence electrons. The zero-order chi connectivity index (χ0) is 9.97. The van der Waals surface area contributed by atoms with E-state index in [1.54, 1.807) is 11.8 Å². The van der Waals surface area contributed by atoms with E-state index in [2.05, 4.69) is 9.97 Å². The number of thioether (sulfide) groups is 1. The van der Waals surface area contributed by atoms with Gasteiger partial charge in [-0.25, -0.2) is 4.98 Å². The van der Waals surface area contributed by atoms with Crippen LogP contribution in [0.1, 0.15) is 5.69 Å². The van der Waals surface area contributed by atoms with Crippen LogP contribution in [-0.2, 0) is 6.42 Å². The number of hydrogen-bond donors (Lipinski definition) is 1. The van der Waals surface area contributed by atoms with Crippen LogP contribution in [0.15, 0.2) is 4.90 Å². The Kier molecular flexibility index (Phi) is 3.10. The van der Waals surface area contributed by atoms with Crippen molar-refractivity contribution in [3.8, 4) is 5.88 Å². The third-order valence-electron chi connectivity index (χ3n) is 1.79. The molecule has 0 saturated carbocycles. The summed E-state index contributed by atoms with van der Waals surface area (Å²) in [6.07, 6.45) is 0.901. The Morgan fingerprint density at radius 3 is 3.14 bits per heavy atom. The topological polar surface area (TPSA) is 55.2 Å². The van der Waals surface area contributed by atoms with E-state index >= 15 is 0 Å². The number of hydrogen-bond acceptors (Lipinski definition) is 5. The first-order valence-corrected chi connectivity index (χ1v) is 5.60. The van der Waals surface area contributed by atoms with Crippen molar-refractivity contribution >= 4 is 23.4 Å². The van der Waals surface area contributed by atoms with Crippen molar-refractivity contribution in [1.82, 2.24) is 9.97 Å². The van der Waals surface area contributed by atoms with E-state index < -0.39 is 0 Å². The first-order valence-electron chi connectivity index (χ1n) is 4.24. The van der Waals surface area contributed by atoms with Crippen molar-refractivity contribution < 1.29 is 9.84 Å². The lowest BCUT2D eigenvalue weighted by Crippen LogP contribution is -2.05. The van der Waals surface area contributed by atoms with E-state index in [0.29, 0.717) is 5.88 Å². The normalized spacial score (nSPS) is 14.1. The highest BCUT2D eigenvalue weighted by Crippen LogP contribution is 2.37. The molecule has 2 heterocycles. The van der Waals surface area contributed by atoms with Gasteiger partial charge in [0.2, 0.25) is 11.2 Å². The van der Waals surface area contributed by atoms with Gasteiger partial charge in [-0.15, -0.1) is 11.8 Å². The molecule has 0 fully saturated rings. The van der Waals surface area contributed by atoms with Gasteiger partial charge >= 0.3 is 0 Å². The molecule has 1 aliphatic rings. The molecule has 4 nitrogen and oxygen atoms in total. The van der Waals surface area contributed by atoms with Crippen LogP contribution in [0.4, 0.5) is 0 Å². The quantitative estimate of drug-likeness (QED) is 0.793. The Bertz CT molecular complexity index is 348. The van der Waals surface area contributed by atoms with E-state index in [0.717, 1.165) is 22.8 Å². The molecule has 0 spiro atoms. The molecule has 0 aromatic carbocycles. The molecule has 0 saturated heterocycles. The summed E-state index contributed by atoms with van der Waals surface area (Å²) in [4.78, 5) is 9.06. The zero-order valence-corrected chi connectivity index (χ0v) is 8.94. The maximum absolute atomic E-state index is 8.64. The standard InChI is InChI=1S/C8H9ClN2O2S/c9-8-10-5-1-4-14-6(5)7(11-8)13-3-2-12/h12H,1-4H2. The van der Waals surface area contributed by atoms with Gasteiger partial charge in [0.15, 0.2) is 0 Å². The predicted octanol–water partition coefficient (Wildman–Crippen LogP) is 1.15. The number of nitrogens with zero attached hydrogens (tertiary/aromatic N) is 2. The fraction of sp³-hybridized carbons (Fsp3) is 0.500. The lowest BCUT2D eigenvalue weighted by atomic mass is 10.3. The van der Waals surface area contributed by atoms with Gasteiger partial charge in [-0.1, -0.05) is 0 Å². The molecule has 1 aliphatic heterocycles. The number of halogens is 1. The van der Waals surface area contributed by atoms with Crippen LogP contribution in [0.25, 0.3) is 0 Å². The monoisotopic (exact) mass is 232 g/mol. The van der Waals surface area contributed by atoms with Crippen LogP contribution in [0.2, 0.25) is 5.28 Å². The van der Waals surface area contributed by atoms with Crippen molar-refractivity contribution in [1.29, 1.82) is 0 Å². The number of aliphatic hydroxyl groups excluding tert-OH is 1. The lowest BCUT2D eigenvalue weighted by molar-refractivity contribution is 0.193. The SMILES string of the molecule is OCCOc1nc(Cl)nc2c1SCC2. The van der Waals surface area contributed by atoms with Gasteiger partial charge in [0.05, 0.1) is 17.2 Å².